The van der Waals surface area contributed by atoms with Gasteiger partial charge in [0.2, 0.25) is 5.91 Å². The van der Waals surface area contributed by atoms with Crippen molar-refractivity contribution in [2.24, 2.45) is 0 Å². The molecule has 0 aliphatic rings. The molecule has 152 valence electrons. The maximum Gasteiger partial charge on any atom is 0.230 e. The van der Waals surface area contributed by atoms with Gasteiger partial charge in [0.1, 0.15) is 0 Å². The van der Waals surface area contributed by atoms with E-state index in [1.54, 1.807) is 0 Å². The van der Waals surface area contributed by atoms with Crippen LogP contribution in [0.5, 0.6) is 0 Å². The maximum absolute atomic E-state index is 12.5. The molecule has 3 aromatic rings. The lowest BCUT2D eigenvalue weighted by Gasteiger charge is -2.11. The Kier molecular flexibility index (Phi) is 3.47. The van der Waals surface area contributed by atoms with Crippen LogP contribution in [0.2, 0.25) is 0 Å². The predicted molar refractivity (Wildman–Crippen MR) is 119 cm³/mol. The second-order valence-electron chi connectivity index (χ2n) is 5.97. The summed E-state index contributed by atoms with van der Waals surface area (Å²) in [6.45, 7) is 1.37. The van der Waals surface area contributed by atoms with Crippen LogP contribution in [-0.2, 0) is 17.6 Å². The van der Waals surface area contributed by atoms with Crippen molar-refractivity contribution in [3.63, 3.8) is 0 Å². The number of aliphatic hydroxyl groups excluding tert-OH is 1. The Hall–Kier alpha value is -2.70. The molecule has 3 rings (SSSR count). The van der Waals surface area contributed by atoms with Crippen molar-refractivity contribution < 1.29 is 27.7 Å². The van der Waals surface area contributed by atoms with Crippen molar-refractivity contribution in [1.29, 1.82) is 0 Å². The largest absolute Gasteiger partial charge is 0.388 e. The number of nitrogens with two attached hydrogens (primary N) is 1. The van der Waals surface area contributed by atoms with Crippen LogP contribution < -0.4 is 11.1 Å². The Labute approximate surface area is 193 Å². The topological polar surface area (TPSA) is 88.2 Å². The lowest BCUT2D eigenvalue weighted by molar-refractivity contribution is -0.115. The zero-order valence-electron chi connectivity index (χ0n) is 28.5. The van der Waals surface area contributed by atoms with Gasteiger partial charge in [0.15, 0.2) is 5.13 Å². The van der Waals surface area contributed by atoms with Gasteiger partial charge in [-0.25, -0.2) is 4.98 Å². The summed E-state index contributed by atoms with van der Waals surface area (Å²) in [5.41, 5.74) is 3.79. The van der Waals surface area contributed by atoms with Crippen LogP contribution in [0.1, 0.15) is 65.5 Å². The molecule has 1 aromatic heterocycles. The third-order valence-electron chi connectivity index (χ3n) is 3.59. The fraction of sp³-hybridized carbons (Fsp3) is 0.304. The van der Waals surface area contributed by atoms with Crippen LogP contribution in [0.4, 0.5) is 10.8 Å². The smallest absolute Gasteiger partial charge is 0.230 e. The third kappa shape index (κ3) is 6.69. The number of hydrogen-bond donors (Lipinski definition) is 3. The number of benzene rings is 2. The van der Waals surface area contributed by atoms with Crippen molar-refractivity contribution >= 4 is 28.1 Å². The van der Waals surface area contributed by atoms with Gasteiger partial charge in [-0.3, -0.25) is 4.79 Å². The minimum Gasteiger partial charge on any atom is -0.388 e. The number of carbonyl (C=O) groups is 1. The number of aliphatic hydroxyl groups is 1. The van der Waals surface area contributed by atoms with Crippen LogP contribution in [0.15, 0.2) is 53.7 Å². The number of nitrogens with one attached hydrogen (secondary N) is 1. The summed E-state index contributed by atoms with van der Waals surface area (Å²) in [4.78, 5) is 16.4. The summed E-state index contributed by atoms with van der Waals surface area (Å²) >= 11 is 0.835. The molecular formula is C23H27N3O2S. The molecule has 0 saturated heterocycles. The molecular weight excluding hydrogens is 382 g/mol. The van der Waals surface area contributed by atoms with E-state index in [2.05, 4.69) is 10.3 Å². The molecule has 0 aliphatic carbocycles. The predicted octanol–water partition coefficient (Wildman–Crippen LogP) is 4.66. The Bertz CT molecular complexity index is 1500. The maximum atomic E-state index is 12.5. The number of thiazole rings is 1. The first-order valence-corrected chi connectivity index (χ1v) is 9.43. The third-order valence-corrected chi connectivity index (χ3v) is 4.23. The van der Waals surface area contributed by atoms with Gasteiger partial charge in [-0.1, -0.05) is 48.2 Å². The quantitative estimate of drug-likeness (QED) is 0.468. The van der Waals surface area contributed by atoms with Gasteiger partial charge < -0.3 is 16.2 Å². The van der Waals surface area contributed by atoms with Crippen LogP contribution in [0.3, 0.4) is 0 Å². The van der Waals surface area contributed by atoms with E-state index in [0.29, 0.717) is 0 Å². The fourth-order valence-corrected chi connectivity index (χ4v) is 2.76. The highest BCUT2D eigenvalue weighted by Gasteiger charge is 2.08. The van der Waals surface area contributed by atoms with E-state index in [0.717, 1.165) is 11.3 Å². The summed E-state index contributed by atoms with van der Waals surface area (Å²) in [6.07, 6.45) is -9.46. The van der Waals surface area contributed by atoms with E-state index in [1.807, 2.05) is 0 Å². The van der Waals surface area contributed by atoms with E-state index >= 15 is 0 Å². The van der Waals surface area contributed by atoms with Crippen molar-refractivity contribution in [2.75, 3.05) is 11.1 Å². The molecule has 0 radical (unpaired) electrons. The Balaban J connectivity index is 1.91. The molecule has 29 heavy (non-hydrogen) atoms. The van der Waals surface area contributed by atoms with Crippen molar-refractivity contribution in [3.8, 4) is 0 Å². The van der Waals surface area contributed by atoms with Gasteiger partial charge >= 0.3 is 0 Å². The first-order chi connectivity index (χ1) is 19.2. The molecule has 4 N–H and O–H groups in total. The van der Waals surface area contributed by atoms with Crippen molar-refractivity contribution in [2.45, 2.75) is 45.0 Å². The summed E-state index contributed by atoms with van der Waals surface area (Å²) in [7, 11) is 0. The van der Waals surface area contributed by atoms with Gasteiger partial charge in [0, 0.05) is 16.5 Å². The normalized spacial score (nSPS) is 19.3. The molecule has 0 saturated carbocycles. The molecule has 0 unspecified atom stereocenters. The van der Waals surface area contributed by atoms with Crippen molar-refractivity contribution in [3.05, 3.63) is 76.1 Å². The number of carbonyl (C=O) groups excluding carboxylic acids is 1. The molecule has 1 heterocycles. The average molecular weight is 423 g/mol. The highest BCUT2D eigenvalue weighted by molar-refractivity contribution is 7.13. The highest BCUT2D eigenvalue weighted by atomic mass is 32.1. The molecule has 6 heteroatoms. The summed E-state index contributed by atoms with van der Waals surface area (Å²) in [5, 5.41) is 12.9. The number of anilines is 2. The SMILES string of the molecule is [2H]c1sc(N)nc1CC(=O)Nc1c([2H])c([2H])c(C([2H])([2H])C([2H])([2H])CC[C@H](O)c2c([2H])c([2H])c([2H])c(C)c2[2H])c([2H])c1[2H]. The van der Waals surface area contributed by atoms with E-state index in [9.17, 15) is 9.90 Å². The van der Waals surface area contributed by atoms with Gasteiger partial charge in [-0.2, -0.15) is 0 Å². The van der Waals surface area contributed by atoms with Gasteiger partial charge in [0.25, 0.3) is 0 Å². The number of hydrogen-bond acceptors (Lipinski definition) is 5. The lowest BCUT2D eigenvalue weighted by Crippen LogP contribution is -2.14. The first kappa shape index (κ1) is 9.87. The molecule has 0 spiro atoms. The van der Waals surface area contributed by atoms with Crippen molar-refractivity contribution in [1.82, 2.24) is 4.98 Å². The second-order valence-corrected chi connectivity index (χ2v) is 6.80. The molecule has 1 atom stereocenters. The highest BCUT2D eigenvalue weighted by Crippen LogP contribution is 2.21. The fourth-order valence-electron chi connectivity index (χ4n) is 2.27. The summed E-state index contributed by atoms with van der Waals surface area (Å²) in [5.74, 6) is -0.832. The minimum absolute atomic E-state index is 0.0356. The van der Waals surface area contributed by atoms with Crippen LogP contribution in [0.25, 0.3) is 0 Å². The monoisotopic (exact) mass is 422 g/mol. The number of nitrogen functional groups attached to an aromatic ring is 1. The molecule has 0 fully saturated rings. The van der Waals surface area contributed by atoms with Crippen LogP contribution >= 0.6 is 11.3 Å². The Morgan fingerprint density at radius 2 is 2.14 bits per heavy atom. The van der Waals surface area contributed by atoms with Gasteiger partial charge in [0.05, 0.1) is 30.6 Å². The van der Waals surface area contributed by atoms with Gasteiger partial charge in [-0.15, -0.1) is 11.3 Å². The molecule has 2 aromatic carbocycles. The van der Waals surface area contributed by atoms with E-state index in [-0.39, 0.29) is 39.4 Å². The van der Waals surface area contributed by atoms with Crippen LogP contribution in [-0.4, -0.2) is 16.0 Å². The first-order valence-electron chi connectivity index (χ1n) is 15.1. The average Bonchev–Trinajstić information content (AvgIpc) is 3.22. The van der Waals surface area contributed by atoms with E-state index in [1.165, 1.54) is 6.92 Å². The van der Waals surface area contributed by atoms with E-state index < -0.39 is 91.5 Å². The summed E-state index contributed by atoms with van der Waals surface area (Å²) < 4.78 is 107. The number of amides is 1. The minimum atomic E-state index is -3.15. The molecule has 1 amide bonds. The van der Waals surface area contributed by atoms with Crippen LogP contribution in [0, 0.1) is 6.92 Å². The molecule has 0 bridgehead atoms. The molecule has 5 nitrogen and oxygen atoms in total. The number of rotatable bonds is 9. The second kappa shape index (κ2) is 10.2. The zero-order valence-corrected chi connectivity index (χ0v) is 16.3. The zero-order chi connectivity index (χ0) is 32.1. The Morgan fingerprint density at radius 1 is 1.34 bits per heavy atom. The van der Waals surface area contributed by atoms with Gasteiger partial charge in [-0.05, 0) is 49.3 Å². The summed E-state index contributed by atoms with van der Waals surface area (Å²) in [6, 6.07) is -5.40. The molecule has 0 aliphatic heterocycles. The number of aromatic nitrogens is 1. The lowest BCUT2D eigenvalue weighted by atomic mass is 10.00. The standard InChI is InChI=1S/C23H27N3O2S/c1-16-5-4-7-18(13-16)21(27)8-3-2-6-17-9-11-19(12-10-17)25-22(28)14-20-15-29-23(24)26-20/h4-5,7,9-13,15,21,27H,2-3,6,8,14H2,1H3,(H2,24,26)(H,25,28)/t21-/m0/s1/i2D2,4D,5D,6D2,7D,9D,10D,11D,12D,13D,15D. The number of nitrogens with zero attached hydrogens (tertiary/aromatic N) is 1. The van der Waals surface area contributed by atoms with E-state index in [4.69, 9.17) is 23.6 Å². The Morgan fingerprint density at radius 3 is 2.86 bits per heavy atom.